The second-order valence-corrected chi connectivity index (χ2v) is 8.20. The number of sulfone groups is 1. The molecule has 2 heterocycles. The third kappa shape index (κ3) is 3.57. The summed E-state index contributed by atoms with van der Waals surface area (Å²) in [4.78, 5) is 2.04. The molecule has 7 heteroatoms. The van der Waals surface area contributed by atoms with Gasteiger partial charge in [-0.15, -0.1) is 0 Å². The molecule has 0 amide bonds. The molecule has 0 aromatic carbocycles. The van der Waals surface area contributed by atoms with Gasteiger partial charge in [-0.25, -0.2) is 8.42 Å². The second-order valence-electron chi connectivity index (χ2n) is 4.85. The van der Waals surface area contributed by atoms with Crippen molar-refractivity contribution in [1.29, 1.82) is 0 Å². The average Bonchev–Trinajstić information content (AvgIpc) is 2.63. The second kappa shape index (κ2) is 5.44. The van der Waals surface area contributed by atoms with E-state index in [0.717, 1.165) is 25.3 Å². The minimum absolute atomic E-state index is 0.220. The molecule has 2 rings (SSSR count). The van der Waals surface area contributed by atoms with Crippen LogP contribution < -0.4 is 5.32 Å². The van der Waals surface area contributed by atoms with E-state index in [1.54, 1.807) is 11.8 Å². The predicted molar refractivity (Wildman–Crippen MR) is 69.9 cm³/mol. The van der Waals surface area contributed by atoms with Gasteiger partial charge in [0, 0.05) is 43.4 Å². The predicted octanol–water partition coefficient (Wildman–Crippen LogP) is -0.871. The number of rotatable bonds is 3. The first-order chi connectivity index (χ1) is 7.97. The molecule has 0 saturated carbocycles. The standard InChI is InChI=1S/C10H20N2O3S2/c1-17(14,15)10-7-16-3-2-12(10)6-8-4-9(13)5-11-8/h8-11,13H,2-7H2,1H3. The quantitative estimate of drug-likeness (QED) is 0.700. The van der Waals surface area contributed by atoms with Crippen LogP contribution in [0.2, 0.25) is 0 Å². The van der Waals surface area contributed by atoms with Crippen molar-refractivity contribution in [2.75, 3.05) is 37.4 Å². The zero-order valence-electron chi connectivity index (χ0n) is 10.0. The van der Waals surface area contributed by atoms with Crippen LogP contribution >= 0.6 is 11.8 Å². The summed E-state index contributed by atoms with van der Waals surface area (Å²) >= 11 is 1.70. The number of hydrogen-bond acceptors (Lipinski definition) is 6. The maximum Gasteiger partial charge on any atom is 0.164 e. The van der Waals surface area contributed by atoms with E-state index < -0.39 is 9.84 Å². The van der Waals surface area contributed by atoms with E-state index in [1.807, 2.05) is 4.90 Å². The Morgan fingerprint density at radius 3 is 2.88 bits per heavy atom. The summed E-state index contributed by atoms with van der Waals surface area (Å²) in [5, 5.41) is 12.3. The van der Waals surface area contributed by atoms with Gasteiger partial charge in [0.05, 0.1) is 6.10 Å². The lowest BCUT2D eigenvalue weighted by Crippen LogP contribution is -2.51. The Morgan fingerprint density at radius 1 is 1.53 bits per heavy atom. The first-order valence-corrected chi connectivity index (χ1v) is 9.00. The van der Waals surface area contributed by atoms with Crippen LogP contribution in [0.3, 0.4) is 0 Å². The Labute approximate surface area is 107 Å². The third-order valence-corrected chi connectivity index (χ3v) is 6.03. The molecule has 0 spiro atoms. The van der Waals surface area contributed by atoms with Gasteiger partial charge in [0.25, 0.3) is 0 Å². The zero-order valence-corrected chi connectivity index (χ0v) is 11.6. The lowest BCUT2D eigenvalue weighted by Gasteiger charge is -2.35. The van der Waals surface area contributed by atoms with Gasteiger partial charge in [0.2, 0.25) is 0 Å². The minimum atomic E-state index is -3.02. The zero-order chi connectivity index (χ0) is 12.5. The highest BCUT2D eigenvalue weighted by molar-refractivity contribution is 8.00. The van der Waals surface area contributed by atoms with E-state index in [9.17, 15) is 13.5 Å². The van der Waals surface area contributed by atoms with E-state index >= 15 is 0 Å². The van der Waals surface area contributed by atoms with Crippen LogP contribution in [0.4, 0.5) is 0 Å². The van der Waals surface area contributed by atoms with Crippen molar-refractivity contribution in [3.8, 4) is 0 Å². The highest BCUT2D eigenvalue weighted by atomic mass is 32.2. The van der Waals surface area contributed by atoms with Crippen LogP contribution in [0.25, 0.3) is 0 Å². The monoisotopic (exact) mass is 280 g/mol. The van der Waals surface area contributed by atoms with E-state index in [-0.39, 0.29) is 17.5 Å². The topological polar surface area (TPSA) is 69.6 Å². The molecule has 2 saturated heterocycles. The molecule has 2 N–H and O–H groups in total. The van der Waals surface area contributed by atoms with Crippen LogP contribution in [-0.4, -0.2) is 73.3 Å². The van der Waals surface area contributed by atoms with Crippen LogP contribution in [0.15, 0.2) is 0 Å². The summed E-state index contributed by atoms with van der Waals surface area (Å²) in [7, 11) is -3.02. The highest BCUT2D eigenvalue weighted by Gasteiger charge is 2.33. The fourth-order valence-electron chi connectivity index (χ4n) is 2.44. The van der Waals surface area contributed by atoms with Gasteiger partial charge in [0.1, 0.15) is 5.37 Å². The SMILES string of the molecule is CS(=O)(=O)C1CSCCN1CC1CC(O)CN1. The van der Waals surface area contributed by atoms with Crippen LogP contribution in [0.5, 0.6) is 0 Å². The van der Waals surface area contributed by atoms with Crippen molar-refractivity contribution in [2.45, 2.75) is 23.9 Å². The van der Waals surface area contributed by atoms with E-state index in [2.05, 4.69) is 5.32 Å². The molecule has 0 aromatic rings. The fraction of sp³-hybridized carbons (Fsp3) is 1.00. The third-order valence-electron chi connectivity index (χ3n) is 3.34. The molecule has 100 valence electrons. The molecule has 0 aromatic heterocycles. The molecular weight excluding hydrogens is 260 g/mol. The first-order valence-electron chi connectivity index (χ1n) is 5.89. The number of nitrogens with zero attached hydrogens (tertiary/aromatic N) is 1. The van der Waals surface area contributed by atoms with Crippen molar-refractivity contribution >= 4 is 21.6 Å². The first kappa shape index (κ1) is 13.6. The number of β-amino-alcohol motifs (C(OH)–C–C–N with tert-alkyl or cyclic N) is 1. The molecule has 3 atom stereocenters. The number of nitrogens with one attached hydrogen (secondary N) is 1. The molecule has 2 aliphatic rings. The van der Waals surface area contributed by atoms with Crippen LogP contribution in [0.1, 0.15) is 6.42 Å². The van der Waals surface area contributed by atoms with Crippen molar-refractivity contribution in [2.24, 2.45) is 0 Å². The van der Waals surface area contributed by atoms with Crippen molar-refractivity contribution < 1.29 is 13.5 Å². The molecule has 0 aliphatic carbocycles. The Bertz CT molecular complexity index is 361. The smallest absolute Gasteiger partial charge is 0.164 e. The molecule has 2 aliphatic heterocycles. The van der Waals surface area contributed by atoms with Crippen molar-refractivity contribution in [1.82, 2.24) is 10.2 Å². The number of hydrogen-bond donors (Lipinski definition) is 2. The Hall–Kier alpha value is 0.180. The van der Waals surface area contributed by atoms with Gasteiger partial charge in [-0.2, -0.15) is 11.8 Å². The van der Waals surface area contributed by atoms with Gasteiger partial charge in [-0.1, -0.05) is 0 Å². The summed E-state index contributed by atoms with van der Waals surface area (Å²) in [5.74, 6) is 1.65. The van der Waals surface area contributed by atoms with Crippen molar-refractivity contribution in [3.05, 3.63) is 0 Å². The molecule has 0 bridgehead atoms. The summed E-state index contributed by atoms with van der Waals surface area (Å²) in [6.45, 7) is 2.16. The molecule has 5 nitrogen and oxygen atoms in total. The lowest BCUT2D eigenvalue weighted by molar-refractivity contribution is 0.186. The number of thioether (sulfide) groups is 1. The minimum Gasteiger partial charge on any atom is -0.392 e. The molecule has 2 fully saturated rings. The Kier molecular flexibility index (Phi) is 4.35. The van der Waals surface area contributed by atoms with Crippen LogP contribution in [-0.2, 0) is 9.84 Å². The largest absolute Gasteiger partial charge is 0.392 e. The van der Waals surface area contributed by atoms with Crippen molar-refractivity contribution in [3.63, 3.8) is 0 Å². The van der Waals surface area contributed by atoms with E-state index in [1.165, 1.54) is 6.26 Å². The lowest BCUT2D eigenvalue weighted by atomic mass is 10.2. The van der Waals surface area contributed by atoms with E-state index in [0.29, 0.717) is 12.3 Å². The summed E-state index contributed by atoms with van der Waals surface area (Å²) < 4.78 is 23.4. The van der Waals surface area contributed by atoms with Gasteiger partial charge in [-0.3, -0.25) is 4.90 Å². The maximum absolute atomic E-state index is 11.7. The number of aliphatic hydroxyl groups excluding tert-OH is 1. The maximum atomic E-state index is 11.7. The molecule has 17 heavy (non-hydrogen) atoms. The van der Waals surface area contributed by atoms with Gasteiger partial charge < -0.3 is 10.4 Å². The molecule has 0 radical (unpaired) electrons. The molecule has 3 unspecified atom stereocenters. The number of aliphatic hydroxyl groups is 1. The highest BCUT2D eigenvalue weighted by Crippen LogP contribution is 2.21. The summed E-state index contributed by atoms with van der Waals surface area (Å²) in [6.07, 6.45) is 1.75. The average molecular weight is 280 g/mol. The van der Waals surface area contributed by atoms with Gasteiger partial charge in [-0.05, 0) is 6.42 Å². The summed E-state index contributed by atoms with van der Waals surface area (Å²) in [5.41, 5.74) is 0. The Morgan fingerprint density at radius 2 is 2.29 bits per heavy atom. The molecular formula is C10H20N2O3S2. The normalized spacial score (nSPS) is 36.2. The van der Waals surface area contributed by atoms with Gasteiger partial charge in [0.15, 0.2) is 9.84 Å². The van der Waals surface area contributed by atoms with E-state index in [4.69, 9.17) is 0 Å². The summed E-state index contributed by atoms with van der Waals surface area (Å²) in [6, 6.07) is 0.220. The van der Waals surface area contributed by atoms with Crippen LogP contribution in [0, 0.1) is 0 Å². The fourth-order valence-corrected chi connectivity index (χ4v) is 5.39. The van der Waals surface area contributed by atoms with Gasteiger partial charge >= 0.3 is 0 Å². The Balaban J connectivity index is 1.97.